The van der Waals surface area contributed by atoms with Crippen LogP contribution in [-0.2, 0) is 6.42 Å². The van der Waals surface area contributed by atoms with Gasteiger partial charge in [0.1, 0.15) is 0 Å². The van der Waals surface area contributed by atoms with Gasteiger partial charge < -0.3 is 4.74 Å². The monoisotopic (exact) mass is 276 g/mol. The molecule has 0 bridgehead atoms. The van der Waals surface area contributed by atoms with Crippen LogP contribution >= 0.6 is 22.7 Å². The fourth-order valence-electron chi connectivity index (χ4n) is 1.69. The molecule has 0 atom stereocenters. The average molecular weight is 276 g/mol. The smallest absolute Gasteiger partial charge is 0.175 e. The molecular weight excluding hydrogens is 264 g/mol. The lowest BCUT2D eigenvalue weighted by Gasteiger charge is -1.97. The molecule has 3 aromatic rings. The highest BCUT2D eigenvalue weighted by atomic mass is 32.1. The Kier molecular flexibility index (Phi) is 3.01. The van der Waals surface area contributed by atoms with Gasteiger partial charge in [-0.3, -0.25) is 0 Å². The second-order valence-electron chi connectivity index (χ2n) is 3.88. The first kappa shape index (κ1) is 11.6. The van der Waals surface area contributed by atoms with Gasteiger partial charge in [0.05, 0.1) is 12.0 Å². The second kappa shape index (κ2) is 4.66. The summed E-state index contributed by atoms with van der Waals surface area (Å²) in [6.45, 7) is 2.10. The zero-order chi connectivity index (χ0) is 12.5. The quantitative estimate of drug-likeness (QED) is 0.725. The van der Waals surface area contributed by atoms with Crippen molar-refractivity contribution in [1.29, 1.82) is 0 Å². The van der Waals surface area contributed by atoms with Crippen LogP contribution in [0.2, 0.25) is 0 Å². The summed E-state index contributed by atoms with van der Waals surface area (Å²) in [6, 6.07) is 4.20. The second-order valence-corrected chi connectivity index (χ2v) is 6.01. The van der Waals surface area contributed by atoms with Crippen LogP contribution in [-0.4, -0.2) is 17.1 Å². The predicted molar refractivity (Wildman–Crippen MR) is 76.7 cm³/mol. The highest BCUT2D eigenvalue weighted by Crippen LogP contribution is 2.40. The molecule has 3 heterocycles. The first-order valence-electron chi connectivity index (χ1n) is 5.69. The molecule has 0 saturated heterocycles. The number of aryl methyl sites for hydroxylation is 1. The Morgan fingerprint density at radius 1 is 1.11 bits per heavy atom. The molecule has 0 spiro atoms. The fourth-order valence-corrected chi connectivity index (χ4v) is 3.84. The van der Waals surface area contributed by atoms with Crippen molar-refractivity contribution in [3.05, 3.63) is 30.1 Å². The summed E-state index contributed by atoms with van der Waals surface area (Å²) in [5.41, 5.74) is 1.17. The van der Waals surface area contributed by atoms with Crippen molar-refractivity contribution in [2.24, 2.45) is 0 Å². The summed E-state index contributed by atoms with van der Waals surface area (Å²) in [7, 11) is 1.70. The third-order valence-corrected chi connectivity index (χ3v) is 4.97. The Morgan fingerprint density at radius 2 is 1.83 bits per heavy atom. The molecule has 0 radical (unpaired) electrons. The standard InChI is InChI=1S/C13H12N2OS2/c1-3-8-6-14-13(15-7-8)11-4-9-10(17-11)5-12(16-2)18-9/h4-7H,3H2,1-2H3. The number of aromatic nitrogens is 2. The number of nitrogens with zero attached hydrogens (tertiary/aromatic N) is 2. The average Bonchev–Trinajstić information content (AvgIpc) is 2.96. The van der Waals surface area contributed by atoms with E-state index in [1.54, 1.807) is 29.8 Å². The predicted octanol–water partition coefficient (Wildman–Crippen LogP) is 3.99. The van der Waals surface area contributed by atoms with Crippen LogP contribution in [0.4, 0.5) is 0 Å². The largest absolute Gasteiger partial charge is 0.487 e. The molecule has 0 amide bonds. The van der Waals surface area contributed by atoms with E-state index >= 15 is 0 Å². The summed E-state index contributed by atoms with van der Waals surface area (Å²) in [4.78, 5) is 9.93. The molecule has 0 fully saturated rings. The third kappa shape index (κ3) is 2.00. The Hall–Kier alpha value is -1.46. The topological polar surface area (TPSA) is 35.0 Å². The van der Waals surface area contributed by atoms with Crippen LogP contribution in [0.5, 0.6) is 5.06 Å². The Morgan fingerprint density at radius 3 is 2.44 bits per heavy atom. The number of fused-ring (bicyclic) bond motifs is 1. The molecule has 0 unspecified atom stereocenters. The van der Waals surface area contributed by atoms with Crippen molar-refractivity contribution < 1.29 is 4.74 Å². The lowest BCUT2D eigenvalue weighted by atomic mass is 10.3. The fraction of sp³-hybridized carbons (Fsp3) is 0.231. The Bertz CT molecular complexity index is 638. The highest BCUT2D eigenvalue weighted by Gasteiger charge is 2.10. The zero-order valence-electron chi connectivity index (χ0n) is 10.1. The van der Waals surface area contributed by atoms with Crippen molar-refractivity contribution in [1.82, 2.24) is 9.97 Å². The van der Waals surface area contributed by atoms with Gasteiger partial charge in [-0.05, 0) is 18.1 Å². The van der Waals surface area contributed by atoms with E-state index in [4.69, 9.17) is 4.74 Å². The van der Waals surface area contributed by atoms with Crippen molar-refractivity contribution in [2.75, 3.05) is 7.11 Å². The number of hydrogen-bond donors (Lipinski definition) is 0. The molecule has 0 saturated carbocycles. The molecule has 3 rings (SSSR count). The molecule has 0 aliphatic heterocycles. The molecule has 5 heteroatoms. The maximum atomic E-state index is 5.23. The summed E-state index contributed by atoms with van der Waals surface area (Å²) in [5, 5.41) is 0.949. The molecule has 92 valence electrons. The molecule has 3 aromatic heterocycles. The Balaban J connectivity index is 1.99. The van der Waals surface area contributed by atoms with Crippen LogP contribution in [0.1, 0.15) is 12.5 Å². The van der Waals surface area contributed by atoms with E-state index in [9.17, 15) is 0 Å². The van der Waals surface area contributed by atoms with E-state index in [2.05, 4.69) is 29.0 Å². The Labute approximate surface area is 113 Å². The van der Waals surface area contributed by atoms with Gasteiger partial charge in [0.25, 0.3) is 0 Å². The first-order valence-corrected chi connectivity index (χ1v) is 7.32. The SMILES string of the molecule is CCc1cnc(-c2cc3sc(OC)cc3s2)nc1. The molecule has 0 N–H and O–H groups in total. The highest BCUT2D eigenvalue weighted by molar-refractivity contribution is 7.30. The van der Waals surface area contributed by atoms with Crippen molar-refractivity contribution in [3.8, 4) is 15.8 Å². The van der Waals surface area contributed by atoms with Gasteiger partial charge in [0.2, 0.25) is 0 Å². The normalized spacial score (nSPS) is 11.0. The summed E-state index contributed by atoms with van der Waals surface area (Å²) in [5.74, 6) is 0.805. The van der Waals surface area contributed by atoms with Crippen molar-refractivity contribution in [2.45, 2.75) is 13.3 Å². The van der Waals surface area contributed by atoms with Gasteiger partial charge in [-0.15, -0.1) is 11.3 Å². The summed E-state index contributed by atoms with van der Waals surface area (Å²) < 4.78 is 7.69. The van der Waals surface area contributed by atoms with Gasteiger partial charge in [0, 0.05) is 27.9 Å². The van der Waals surface area contributed by atoms with Crippen molar-refractivity contribution in [3.63, 3.8) is 0 Å². The van der Waals surface area contributed by atoms with Gasteiger partial charge >= 0.3 is 0 Å². The number of rotatable bonds is 3. The molecule has 3 nitrogen and oxygen atoms in total. The summed E-state index contributed by atoms with van der Waals surface area (Å²) in [6.07, 6.45) is 4.77. The maximum Gasteiger partial charge on any atom is 0.175 e. The van der Waals surface area contributed by atoms with E-state index < -0.39 is 0 Å². The lowest BCUT2D eigenvalue weighted by molar-refractivity contribution is 0.427. The van der Waals surface area contributed by atoms with Crippen LogP contribution in [0.3, 0.4) is 0 Å². The van der Waals surface area contributed by atoms with Crippen molar-refractivity contribution >= 4 is 32.1 Å². The van der Waals surface area contributed by atoms with E-state index in [1.165, 1.54) is 15.0 Å². The van der Waals surface area contributed by atoms with Crippen LogP contribution < -0.4 is 4.74 Å². The van der Waals surface area contributed by atoms with E-state index in [-0.39, 0.29) is 0 Å². The van der Waals surface area contributed by atoms with Gasteiger partial charge in [-0.1, -0.05) is 18.3 Å². The molecule has 0 aliphatic rings. The van der Waals surface area contributed by atoms with Gasteiger partial charge in [-0.25, -0.2) is 9.97 Å². The molecule has 0 aliphatic carbocycles. The summed E-state index contributed by atoms with van der Waals surface area (Å²) >= 11 is 3.36. The van der Waals surface area contributed by atoms with Crippen LogP contribution in [0, 0.1) is 0 Å². The number of methoxy groups -OCH3 is 1. The molecule has 0 aromatic carbocycles. The minimum Gasteiger partial charge on any atom is -0.487 e. The number of ether oxygens (including phenoxy) is 1. The number of thiophene rings is 2. The van der Waals surface area contributed by atoms with E-state index in [1.807, 2.05) is 12.4 Å². The molecule has 18 heavy (non-hydrogen) atoms. The first-order chi connectivity index (χ1) is 8.80. The zero-order valence-corrected chi connectivity index (χ0v) is 11.8. The minimum absolute atomic E-state index is 0.805. The van der Waals surface area contributed by atoms with Crippen LogP contribution in [0.15, 0.2) is 24.5 Å². The minimum atomic E-state index is 0.805. The van der Waals surface area contributed by atoms with Gasteiger partial charge in [-0.2, -0.15) is 0 Å². The lowest BCUT2D eigenvalue weighted by Crippen LogP contribution is -1.89. The van der Waals surface area contributed by atoms with Crippen LogP contribution in [0.25, 0.3) is 20.1 Å². The van der Waals surface area contributed by atoms with Gasteiger partial charge in [0.15, 0.2) is 10.9 Å². The van der Waals surface area contributed by atoms with E-state index in [0.717, 1.165) is 22.2 Å². The maximum absolute atomic E-state index is 5.23. The van der Waals surface area contributed by atoms with E-state index in [0.29, 0.717) is 0 Å². The third-order valence-electron chi connectivity index (χ3n) is 2.72. The molecular formula is C13H12N2OS2. The number of hydrogen-bond acceptors (Lipinski definition) is 5.